The van der Waals surface area contributed by atoms with E-state index in [1.165, 1.54) is 5.56 Å². The molecule has 1 amide bonds. The van der Waals surface area contributed by atoms with Gasteiger partial charge in [-0.15, -0.1) is 0 Å². The normalized spacial score (nSPS) is 19.8. The van der Waals surface area contributed by atoms with Crippen molar-refractivity contribution in [2.24, 2.45) is 0 Å². The summed E-state index contributed by atoms with van der Waals surface area (Å²) in [6.45, 7) is 6.59. The molecule has 1 aliphatic heterocycles. The predicted octanol–water partition coefficient (Wildman–Crippen LogP) is 2.18. The zero-order valence-corrected chi connectivity index (χ0v) is 13.0. The fourth-order valence-electron chi connectivity index (χ4n) is 2.90. The van der Waals surface area contributed by atoms with Gasteiger partial charge in [-0.25, -0.2) is 0 Å². The molecular formula is C16H25N3O. The Balaban J connectivity index is 2.22. The summed E-state index contributed by atoms with van der Waals surface area (Å²) >= 11 is 0. The number of pyridine rings is 1. The summed E-state index contributed by atoms with van der Waals surface area (Å²) in [4.78, 5) is 20.9. The van der Waals surface area contributed by atoms with Gasteiger partial charge in [0.2, 0.25) is 5.91 Å². The Hall–Kier alpha value is -1.42. The summed E-state index contributed by atoms with van der Waals surface area (Å²) in [6, 6.07) is 4.23. The van der Waals surface area contributed by atoms with E-state index >= 15 is 0 Å². The topological polar surface area (TPSA) is 36.4 Å². The molecule has 1 aromatic rings. The fourth-order valence-corrected chi connectivity index (χ4v) is 2.90. The number of amides is 1. The summed E-state index contributed by atoms with van der Waals surface area (Å²) in [5.74, 6) is 0.605. The lowest BCUT2D eigenvalue weighted by atomic mass is 9.87. The number of aromatic nitrogens is 1. The van der Waals surface area contributed by atoms with Crippen molar-refractivity contribution in [3.05, 3.63) is 29.1 Å². The second-order valence-corrected chi connectivity index (χ2v) is 5.89. The van der Waals surface area contributed by atoms with Crippen LogP contribution in [-0.4, -0.2) is 47.9 Å². The van der Waals surface area contributed by atoms with Crippen molar-refractivity contribution in [1.82, 2.24) is 14.8 Å². The van der Waals surface area contributed by atoms with Gasteiger partial charge in [0, 0.05) is 31.7 Å². The lowest BCUT2D eigenvalue weighted by Gasteiger charge is -2.32. The van der Waals surface area contributed by atoms with E-state index in [-0.39, 0.29) is 5.91 Å². The van der Waals surface area contributed by atoms with Gasteiger partial charge in [0.05, 0.1) is 5.69 Å². The number of likely N-dealkylation sites (tertiary alicyclic amines) is 1. The second-order valence-electron chi connectivity index (χ2n) is 5.89. The van der Waals surface area contributed by atoms with Crippen LogP contribution in [0.4, 0.5) is 0 Å². The van der Waals surface area contributed by atoms with Crippen LogP contribution in [-0.2, 0) is 11.3 Å². The number of carbonyl (C=O) groups excluding carboxylic acids is 1. The van der Waals surface area contributed by atoms with E-state index in [0.717, 1.165) is 37.4 Å². The molecule has 1 aliphatic rings. The highest BCUT2D eigenvalue weighted by atomic mass is 16.2. The minimum absolute atomic E-state index is 0.278. The number of hydrogen-bond donors (Lipinski definition) is 0. The lowest BCUT2D eigenvalue weighted by Crippen LogP contribution is -2.38. The smallest absolute Gasteiger partial charge is 0.223 e. The molecule has 0 radical (unpaired) electrons. The van der Waals surface area contributed by atoms with Crippen molar-refractivity contribution >= 4 is 5.91 Å². The highest BCUT2D eigenvalue weighted by Crippen LogP contribution is 2.30. The van der Waals surface area contributed by atoms with Gasteiger partial charge in [0.15, 0.2) is 0 Å². The fraction of sp³-hybridized carbons (Fsp3) is 0.625. The number of nitrogens with zero attached hydrogens (tertiary/aromatic N) is 3. The molecule has 0 unspecified atom stereocenters. The predicted molar refractivity (Wildman–Crippen MR) is 80.6 cm³/mol. The van der Waals surface area contributed by atoms with Gasteiger partial charge in [-0.3, -0.25) is 9.78 Å². The van der Waals surface area contributed by atoms with E-state index in [2.05, 4.69) is 36.1 Å². The van der Waals surface area contributed by atoms with E-state index in [9.17, 15) is 4.79 Å². The molecule has 4 heteroatoms. The summed E-state index contributed by atoms with van der Waals surface area (Å²) in [5.41, 5.74) is 3.43. The highest BCUT2D eigenvalue weighted by Gasteiger charge is 2.27. The monoisotopic (exact) mass is 275 g/mol. The molecule has 0 aromatic carbocycles. The molecule has 2 heterocycles. The number of aryl methyl sites for hydroxylation is 1. The van der Waals surface area contributed by atoms with E-state index in [4.69, 9.17) is 0 Å². The van der Waals surface area contributed by atoms with Crippen molar-refractivity contribution in [2.75, 3.05) is 27.2 Å². The Morgan fingerprint density at radius 3 is 2.75 bits per heavy atom. The van der Waals surface area contributed by atoms with Crippen LogP contribution in [0.2, 0.25) is 0 Å². The molecule has 0 N–H and O–H groups in total. The van der Waals surface area contributed by atoms with Crippen LogP contribution in [0.1, 0.15) is 42.6 Å². The third-order valence-electron chi connectivity index (χ3n) is 3.96. The molecule has 1 saturated heterocycles. The summed E-state index contributed by atoms with van der Waals surface area (Å²) < 4.78 is 0. The van der Waals surface area contributed by atoms with Crippen molar-refractivity contribution in [1.29, 1.82) is 0 Å². The van der Waals surface area contributed by atoms with Crippen LogP contribution in [0.3, 0.4) is 0 Å². The SMILES string of the molecule is CCN1CC[C@@H](c2ccc(C)nc2CN(C)C)CC1=O. The van der Waals surface area contributed by atoms with E-state index in [1.807, 2.05) is 18.7 Å². The molecule has 0 aliphatic carbocycles. The summed E-state index contributed by atoms with van der Waals surface area (Å²) in [5, 5.41) is 0. The van der Waals surface area contributed by atoms with Crippen LogP contribution in [0.15, 0.2) is 12.1 Å². The molecular weight excluding hydrogens is 250 g/mol. The lowest BCUT2D eigenvalue weighted by molar-refractivity contribution is -0.133. The molecule has 1 fully saturated rings. The number of hydrogen-bond acceptors (Lipinski definition) is 3. The van der Waals surface area contributed by atoms with Crippen molar-refractivity contribution in [3.63, 3.8) is 0 Å². The first-order chi connectivity index (χ1) is 9.51. The van der Waals surface area contributed by atoms with Crippen LogP contribution in [0.5, 0.6) is 0 Å². The third-order valence-corrected chi connectivity index (χ3v) is 3.96. The van der Waals surface area contributed by atoms with Gasteiger partial charge in [-0.1, -0.05) is 6.07 Å². The van der Waals surface area contributed by atoms with Gasteiger partial charge < -0.3 is 9.80 Å². The van der Waals surface area contributed by atoms with Gasteiger partial charge in [-0.05, 0) is 51.9 Å². The van der Waals surface area contributed by atoms with Gasteiger partial charge in [-0.2, -0.15) is 0 Å². The third kappa shape index (κ3) is 3.37. The Labute approximate surface area is 121 Å². The van der Waals surface area contributed by atoms with Crippen LogP contribution in [0.25, 0.3) is 0 Å². The molecule has 0 saturated carbocycles. The quantitative estimate of drug-likeness (QED) is 0.845. The minimum atomic E-state index is 0.278. The standard InChI is InChI=1S/C16H25N3O/c1-5-19-9-8-13(10-16(19)20)14-7-6-12(2)17-15(14)11-18(3)4/h6-7,13H,5,8-11H2,1-4H3/t13-/m1/s1. The second kappa shape index (κ2) is 6.35. The van der Waals surface area contributed by atoms with Crippen LogP contribution >= 0.6 is 0 Å². The number of rotatable bonds is 4. The maximum Gasteiger partial charge on any atom is 0.223 e. The summed E-state index contributed by atoms with van der Waals surface area (Å²) in [6.07, 6.45) is 1.67. The van der Waals surface area contributed by atoms with E-state index in [0.29, 0.717) is 12.3 Å². The summed E-state index contributed by atoms with van der Waals surface area (Å²) in [7, 11) is 4.11. The first-order valence-corrected chi connectivity index (χ1v) is 7.40. The van der Waals surface area contributed by atoms with Crippen LogP contribution < -0.4 is 0 Å². The van der Waals surface area contributed by atoms with Crippen molar-refractivity contribution in [3.8, 4) is 0 Å². The molecule has 4 nitrogen and oxygen atoms in total. The molecule has 20 heavy (non-hydrogen) atoms. The zero-order valence-electron chi connectivity index (χ0n) is 13.0. The molecule has 1 atom stereocenters. The average molecular weight is 275 g/mol. The first kappa shape index (κ1) is 15.0. The van der Waals surface area contributed by atoms with E-state index < -0.39 is 0 Å². The van der Waals surface area contributed by atoms with Crippen LogP contribution in [0, 0.1) is 6.92 Å². The Morgan fingerprint density at radius 1 is 1.40 bits per heavy atom. The van der Waals surface area contributed by atoms with Crippen molar-refractivity contribution < 1.29 is 4.79 Å². The van der Waals surface area contributed by atoms with E-state index in [1.54, 1.807) is 0 Å². The molecule has 0 spiro atoms. The number of carbonyl (C=O) groups is 1. The maximum absolute atomic E-state index is 12.1. The largest absolute Gasteiger partial charge is 0.343 e. The van der Waals surface area contributed by atoms with Gasteiger partial charge in [0.25, 0.3) is 0 Å². The number of piperidine rings is 1. The van der Waals surface area contributed by atoms with Crippen molar-refractivity contribution in [2.45, 2.75) is 39.2 Å². The molecule has 2 rings (SSSR count). The van der Waals surface area contributed by atoms with Gasteiger partial charge in [0.1, 0.15) is 0 Å². The highest BCUT2D eigenvalue weighted by molar-refractivity contribution is 5.78. The zero-order chi connectivity index (χ0) is 14.7. The molecule has 110 valence electrons. The minimum Gasteiger partial charge on any atom is -0.343 e. The Morgan fingerprint density at radius 2 is 2.15 bits per heavy atom. The van der Waals surface area contributed by atoms with Gasteiger partial charge >= 0.3 is 0 Å². The maximum atomic E-state index is 12.1. The molecule has 1 aromatic heterocycles. The Kier molecular flexibility index (Phi) is 4.76. The first-order valence-electron chi connectivity index (χ1n) is 7.40. The molecule has 0 bridgehead atoms. The Bertz CT molecular complexity index is 485. The average Bonchev–Trinajstić information content (AvgIpc) is 2.38.